The smallest absolute Gasteiger partial charge is 0.270 e. The van der Waals surface area contributed by atoms with Gasteiger partial charge < -0.3 is 5.32 Å². The fourth-order valence-electron chi connectivity index (χ4n) is 3.40. The molecule has 150 valence electrons. The van der Waals surface area contributed by atoms with Gasteiger partial charge in [-0.05, 0) is 55.9 Å². The van der Waals surface area contributed by atoms with Crippen LogP contribution in [0.4, 0.5) is 0 Å². The van der Waals surface area contributed by atoms with Crippen LogP contribution < -0.4 is 5.32 Å². The highest BCUT2D eigenvalue weighted by molar-refractivity contribution is 7.90. The van der Waals surface area contributed by atoms with Crippen LogP contribution in [0.25, 0.3) is 0 Å². The second kappa shape index (κ2) is 8.80. The molecule has 3 rings (SSSR count). The maximum absolute atomic E-state index is 12.8. The predicted octanol–water partition coefficient (Wildman–Crippen LogP) is 4.67. The minimum Gasteiger partial charge on any atom is -0.348 e. The first kappa shape index (κ1) is 21.1. The predicted molar refractivity (Wildman–Crippen MR) is 110 cm³/mol. The molecule has 1 aromatic heterocycles. The van der Waals surface area contributed by atoms with E-state index in [1.807, 2.05) is 0 Å². The summed E-state index contributed by atoms with van der Waals surface area (Å²) >= 11 is 12.1. The van der Waals surface area contributed by atoms with Gasteiger partial charge in [-0.2, -0.15) is 0 Å². The molecule has 0 radical (unpaired) electrons. The lowest BCUT2D eigenvalue weighted by atomic mass is 9.87. The fourth-order valence-corrected chi connectivity index (χ4v) is 5.92. The number of carbonyl (C=O) groups excluding carboxylic acids is 1. The third-order valence-electron chi connectivity index (χ3n) is 4.96. The molecule has 0 unspecified atom stereocenters. The van der Waals surface area contributed by atoms with Gasteiger partial charge >= 0.3 is 0 Å². The van der Waals surface area contributed by atoms with Crippen LogP contribution in [0.5, 0.6) is 0 Å². The Labute approximate surface area is 175 Å². The molecule has 1 aliphatic rings. The van der Waals surface area contributed by atoms with Gasteiger partial charge in [-0.15, -0.1) is 0 Å². The van der Waals surface area contributed by atoms with E-state index in [0.29, 0.717) is 5.92 Å². The Bertz CT molecular complexity index is 951. The van der Waals surface area contributed by atoms with Gasteiger partial charge in [-0.3, -0.25) is 4.79 Å². The van der Waals surface area contributed by atoms with Gasteiger partial charge in [-0.25, -0.2) is 13.4 Å². The van der Waals surface area contributed by atoms with Crippen molar-refractivity contribution in [1.29, 1.82) is 0 Å². The van der Waals surface area contributed by atoms with E-state index >= 15 is 0 Å². The van der Waals surface area contributed by atoms with Crippen molar-refractivity contribution < 1.29 is 13.2 Å². The first-order valence-electron chi connectivity index (χ1n) is 9.20. The second-order valence-corrected chi connectivity index (χ2v) is 10.00. The van der Waals surface area contributed by atoms with Gasteiger partial charge in [0.2, 0.25) is 0 Å². The summed E-state index contributed by atoms with van der Waals surface area (Å²) < 4.78 is 25.5. The number of rotatable bonds is 5. The average molecular weight is 441 g/mol. The molecule has 28 heavy (non-hydrogen) atoms. The van der Waals surface area contributed by atoms with E-state index in [0.717, 1.165) is 25.7 Å². The Morgan fingerprint density at radius 1 is 1.07 bits per heavy atom. The first-order chi connectivity index (χ1) is 13.3. The minimum absolute atomic E-state index is 0.0629. The standard InChI is InChI=1S/C20H22Cl2N2O3S/c1-13-8-10-14(11-9-13)24-20(25)18-7-2-4-15(23-18)12-28(26,27)19-16(21)5-3-6-17(19)22/h2-7,13-14H,8-12H2,1H3,(H,24,25). The largest absolute Gasteiger partial charge is 0.348 e. The van der Waals surface area contributed by atoms with Crippen molar-refractivity contribution in [2.75, 3.05) is 0 Å². The van der Waals surface area contributed by atoms with Gasteiger partial charge in [0.25, 0.3) is 5.91 Å². The molecule has 0 bridgehead atoms. The van der Waals surface area contributed by atoms with E-state index < -0.39 is 15.6 Å². The lowest BCUT2D eigenvalue weighted by Crippen LogP contribution is -2.37. The van der Waals surface area contributed by atoms with Crippen LogP contribution in [0.1, 0.15) is 48.8 Å². The molecule has 1 fully saturated rings. The molecular weight excluding hydrogens is 419 g/mol. The number of nitrogens with one attached hydrogen (secondary N) is 1. The Hall–Kier alpha value is -1.63. The van der Waals surface area contributed by atoms with Crippen LogP contribution in [0.2, 0.25) is 10.0 Å². The van der Waals surface area contributed by atoms with E-state index in [4.69, 9.17) is 23.2 Å². The second-order valence-electron chi connectivity index (χ2n) is 7.25. The highest BCUT2D eigenvalue weighted by atomic mass is 35.5. The number of amides is 1. The normalized spacial score (nSPS) is 20.0. The molecule has 0 spiro atoms. The third-order valence-corrected chi connectivity index (χ3v) is 7.55. The Balaban J connectivity index is 1.75. The van der Waals surface area contributed by atoms with Crippen LogP contribution in [-0.2, 0) is 15.6 Å². The molecule has 5 nitrogen and oxygen atoms in total. The molecular formula is C20H22Cl2N2O3S. The highest BCUT2D eigenvalue weighted by Gasteiger charge is 2.24. The van der Waals surface area contributed by atoms with E-state index in [2.05, 4.69) is 17.2 Å². The molecule has 1 aliphatic carbocycles. The number of hydrogen-bond acceptors (Lipinski definition) is 4. The van der Waals surface area contributed by atoms with E-state index in [9.17, 15) is 13.2 Å². The third kappa shape index (κ3) is 5.04. The van der Waals surface area contributed by atoms with Crippen molar-refractivity contribution in [3.05, 3.63) is 57.8 Å². The summed E-state index contributed by atoms with van der Waals surface area (Å²) in [5, 5.41) is 3.13. The number of carbonyl (C=O) groups is 1. The van der Waals surface area contributed by atoms with Crippen LogP contribution in [0.3, 0.4) is 0 Å². The molecule has 1 N–H and O–H groups in total. The molecule has 1 saturated carbocycles. The number of aromatic nitrogens is 1. The lowest BCUT2D eigenvalue weighted by Gasteiger charge is -2.26. The number of pyridine rings is 1. The lowest BCUT2D eigenvalue weighted by molar-refractivity contribution is 0.0917. The Morgan fingerprint density at radius 3 is 2.32 bits per heavy atom. The van der Waals surface area contributed by atoms with Crippen LogP contribution in [0.15, 0.2) is 41.3 Å². The van der Waals surface area contributed by atoms with E-state index in [1.54, 1.807) is 24.3 Å². The summed E-state index contributed by atoms with van der Waals surface area (Å²) in [5.74, 6) is 0.0180. The van der Waals surface area contributed by atoms with Crippen molar-refractivity contribution in [2.24, 2.45) is 5.92 Å². The number of benzene rings is 1. The van der Waals surface area contributed by atoms with Gasteiger partial charge in [0.15, 0.2) is 9.84 Å². The molecule has 1 amide bonds. The van der Waals surface area contributed by atoms with Crippen molar-refractivity contribution >= 4 is 38.9 Å². The number of sulfone groups is 1. The van der Waals surface area contributed by atoms with E-state index in [1.165, 1.54) is 12.1 Å². The summed E-state index contributed by atoms with van der Waals surface area (Å²) in [5.41, 5.74) is 0.470. The van der Waals surface area contributed by atoms with Gasteiger partial charge in [0.1, 0.15) is 10.6 Å². The zero-order valence-corrected chi connectivity index (χ0v) is 17.8. The molecule has 0 aliphatic heterocycles. The maximum atomic E-state index is 12.8. The van der Waals surface area contributed by atoms with Gasteiger partial charge in [0, 0.05) is 6.04 Å². The number of nitrogens with zero attached hydrogens (tertiary/aromatic N) is 1. The van der Waals surface area contributed by atoms with Crippen molar-refractivity contribution in [3.63, 3.8) is 0 Å². The first-order valence-corrected chi connectivity index (χ1v) is 11.6. The molecule has 0 saturated heterocycles. The summed E-state index contributed by atoms with van der Waals surface area (Å²) in [6.45, 7) is 2.22. The van der Waals surface area contributed by atoms with Crippen LogP contribution in [0, 0.1) is 5.92 Å². The van der Waals surface area contributed by atoms with Crippen molar-refractivity contribution in [2.45, 2.75) is 49.3 Å². The molecule has 1 aromatic carbocycles. The quantitative estimate of drug-likeness (QED) is 0.732. The zero-order valence-electron chi connectivity index (χ0n) is 15.5. The topological polar surface area (TPSA) is 76.1 Å². The van der Waals surface area contributed by atoms with Crippen LogP contribution in [-0.4, -0.2) is 25.4 Å². The van der Waals surface area contributed by atoms with Gasteiger partial charge in [-0.1, -0.05) is 42.3 Å². The molecule has 8 heteroatoms. The van der Waals surface area contributed by atoms with E-state index in [-0.39, 0.29) is 38.3 Å². The van der Waals surface area contributed by atoms with Gasteiger partial charge in [0.05, 0.1) is 21.5 Å². The van der Waals surface area contributed by atoms with Crippen molar-refractivity contribution in [3.8, 4) is 0 Å². The number of halogens is 2. The number of hydrogen-bond donors (Lipinski definition) is 1. The van der Waals surface area contributed by atoms with Crippen molar-refractivity contribution in [1.82, 2.24) is 10.3 Å². The summed E-state index contributed by atoms with van der Waals surface area (Å²) in [7, 11) is -3.81. The summed E-state index contributed by atoms with van der Waals surface area (Å²) in [6, 6.07) is 9.45. The minimum atomic E-state index is -3.81. The monoisotopic (exact) mass is 440 g/mol. The maximum Gasteiger partial charge on any atom is 0.270 e. The summed E-state index contributed by atoms with van der Waals surface area (Å²) in [4.78, 5) is 16.7. The average Bonchev–Trinajstić information content (AvgIpc) is 2.63. The molecule has 2 aromatic rings. The molecule has 1 heterocycles. The molecule has 0 atom stereocenters. The fraction of sp³-hybridized carbons (Fsp3) is 0.400. The SMILES string of the molecule is CC1CCC(NC(=O)c2cccc(CS(=O)(=O)c3c(Cl)cccc3Cl)n2)CC1. The summed E-state index contributed by atoms with van der Waals surface area (Å²) in [6.07, 6.45) is 4.09. The Kier molecular flexibility index (Phi) is 6.63. The Morgan fingerprint density at radius 2 is 1.68 bits per heavy atom. The van der Waals surface area contributed by atoms with Crippen LogP contribution >= 0.6 is 23.2 Å². The zero-order chi connectivity index (χ0) is 20.3. The highest BCUT2D eigenvalue weighted by Crippen LogP contribution is 2.31.